The zero-order valence-corrected chi connectivity index (χ0v) is 12.4. The summed E-state index contributed by atoms with van der Waals surface area (Å²) in [5.41, 5.74) is 7.44. The van der Waals surface area contributed by atoms with Gasteiger partial charge in [0.05, 0.1) is 6.10 Å². The molecule has 1 unspecified atom stereocenters. The summed E-state index contributed by atoms with van der Waals surface area (Å²) in [6.45, 7) is 7.27. The molecule has 2 N–H and O–H groups in total. The lowest BCUT2D eigenvalue weighted by Gasteiger charge is -2.36. The molecule has 1 atom stereocenters. The standard InChI is InChI=1S/C14H24N2OS/c1-10-8-13(11(2)18-10)14(9-15)16-6-4-12(17-3)5-7-16/h8,12,14H,4-7,9,15H2,1-3H3. The van der Waals surface area contributed by atoms with Crippen LogP contribution in [-0.4, -0.2) is 37.7 Å². The molecule has 3 nitrogen and oxygen atoms in total. The summed E-state index contributed by atoms with van der Waals surface area (Å²) in [5, 5.41) is 0. The van der Waals surface area contributed by atoms with Gasteiger partial charge in [0.2, 0.25) is 0 Å². The van der Waals surface area contributed by atoms with Gasteiger partial charge in [-0.3, -0.25) is 4.90 Å². The van der Waals surface area contributed by atoms with Crippen molar-refractivity contribution in [1.29, 1.82) is 0 Å². The second-order valence-corrected chi connectivity index (χ2v) is 6.55. The van der Waals surface area contributed by atoms with Crippen LogP contribution in [0.25, 0.3) is 0 Å². The zero-order valence-electron chi connectivity index (χ0n) is 11.6. The SMILES string of the molecule is COC1CCN(C(CN)c2cc(C)sc2C)CC1. The van der Waals surface area contributed by atoms with Crippen molar-refractivity contribution in [3.8, 4) is 0 Å². The van der Waals surface area contributed by atoms with Gasteiger partial charge in [-0.25, -0.2) is 0 Å². The number of hydrogen-bond donors (Lipinski definition) is 1. The minimum atomic E-state index is 0.382. The summed E-state index contributed by atoms with van der Waals surface area (Å²) in [6.07, 6.45) is 2.68. The first-order chi connectivity index (χ1) is 8.65. The Kier molecular flexibility index (Phi) is 4.78. The van der Waals surface area contributed by atoms with E-state index in [9.17, 15) is 0 Å². The number of hydrogen-bond acceptors (Lipinski definition) is 4. The molecule has 0 aliphatic carbocycles. The molecule has 2 rings (SSSR count). The first kappa shape index (κ1) is 14.0. The molecular weight excluding hydrogens is 244 g/mol. The van der Waals surface area contributed by atoms with Crippen molar-refractivity contribution in [3.63, 3.8) is 0 Å². The van der Waals surface area contributed by atoms with E-state index in [1.165, 1.54) is 15.3 Å². The molecule has 18 heavy (non-hydrogen) atoms. The molecule has 1 saturated heterocycles. The minimum absolute atomic E-state index is 0.382. The highest BCUT2D eigenvalue weighted by Gasteiger charge is 2.26. The molecular formula is C14H24N2OS. The van der Waals surface area contributed by atoms with E-state index in [0.717, 1.165) is 25.9 Å². The van der Waals surface area contributed by atoms with Crippen LogP contribution in [0.3, 0.4) is 0 Å². The maximum Gasteiger partial charge on any atom is 0.0595 e. The van der Waals surface area contributed by atoms with Gasteiger partial charge in [-0.1, -0.05) is 0 Å². The van der Waals surface area contributed by atoms with Crippen LogP contribution in [0.4, 0.5) is 0 Å². The van der Waals surface area contributed by atoms with Crippen molar-refractivity contribution in [1.82, 2.24) is 4.90 Å². The smallest absolute Gasteiger partial charge is 0.0595 e. The molecule has 0 saturated carbocycles. The Bertz CT molecular complexity index is 383. The Morgan fingerprint density at radius 1 is 1.44 bits per heavy atom. The zero-order chi connectivity index (χ0) is 13.1. The van der Waals surface area contributed by atoms with Gasteiger partial charge in [0.25, 0.3) is 0 Å². The molecule has 0 bridgehead atoms. The van der Waals surface area contributed by atoms with Crippen molar-refractivity contribution in [2.24, 2.45) is 5.73 Å². The topological polar surface area (TPSA) is 38.5 Å². The Morgan fingerprint density at radius 3 is 2.56 bits per heavy atom. The molecule has 1 aromatic heterocycles. The van der Waals surface area contributed by atoms with E-state index in [0.29, 0.717) is 18.7 Å². The number of likely N-dealkylation sites (tertiary alicyclic amines) is 1. The van der Waals surface area contributed by atoms with E-state index in [2.05, 4.69) is 24.8 Å². The van der Waals surface area contributed by atoms with Crippen LogP contribution in [0, 0.1) is 13.8 Å². The number of nitrogens with two attached hydrogens (primary N) is 1. The molecule has 1 aliphatic rings. The van der Waals surface area contributed by atoms with Crippen LogP contribution in [0.2, 0.25) is 0 Å². The fraction of sp³-hybridized carbons (Fsp3) is 0.714. The van der Waals surface area contributed by atoms with E-state index in [1.54, 1.807) is 0 Å². The average Bonchev–Trinajstić information content (AvgIpc) is 2.70. The highest BCUT2D eigenvalue weighted by atomic mass is 32.1. The van der Waals surface area contributed by atoms with Gasteiger partial charge in [0, 0.05) is 42.5 Å². The first-order valence-electron chi connectivity index (χ1n) is 6.69. The highest BCUT2D eigenvalue weighted by Crippen LogP contribution is 2.31. The highest BCUT2D eigenvalue weighted by molar-refractivity contribution is 7.12. The van der Waals surface area contributed by atoms with E-state index < -0.39 is 0 Å². The lowest BCUT2D eigenvalue weighted by Crippen LogP contribution is -2.41. The van der Waals surface area contributed by atoms with Gasteiger partial charge in [-0.05, 0) is 38.3 Å². The third-order valence-corrected chi connectivity index (χ3v) is 4.89. The average molecular weight is 268 g/mol. The van der Waals surface area contributed by atoms with E-state index in [4.69, 9.17) is 10.5 Å². The predicted molar refractivity (Wildman–Crippen MR) is 77.2 cm³/mol. The lowest BCUT2D eigenvalue weighted by atomic mass is 10.0. The quantitative estimate of drug-likeness (QED) is 0.911. The van der Waals surface area contributed by atoms with Gasteiger partial charge in [0.15, 0.2) is 0 Å². The molecule has 1 fully saturated rings. The number of rotatable bonds is 4. The molecule has 0 aromatic carbocycles. The molecule has 1 aliphatic heterocycles. The van der Waals surface area contributed by atoms with E-state index in [-0.39, 0.29) is 0 Å². The predicted octanol–water partition coefficient (Wildman–Crippen LogP) is 2.48. The molecule has 1 aromatic rings. The number of piperidine rings is 1. The van der Waals surface area contributed by atoms with Crippen LogP contribution in [0.5, 0.6) is 0 Å². The fourth-order valence-corrected chi connectivity index (χ4v) is 3.86. The van der Waals surface area contributed by atoms with Gasteiger partial charge < -0.3 is 10.5 Å². The molecule has 0 spiro atoms. The van der Waals surface area contributed by atoms with Crippen LogP contribution in [-0.2, 0) is 4.74 Å². The van der Waals surface area contributed by atoms with Crippen molar-refractivity contribution in [3.05, 3.63) is 21.4 Å². The number of thiophene rings is 1. The maximum absolute atomic E-state index is 6.01. The summed E-state index contributed by atoms with van der Waals surface area (Å²) in [6, 6.07) is 2.69. The second kappa shape index (κ2) is 6.15. The van der Waals surface area contributed by atoms with Crippen molar-refractivity contribution in [2.45, 2.75) is 38.8 Å². The Morgan fingerprint density at radius 2 is 2.11 bits per heavy atom. The van der Waals surface area contributed by atoms with Crippen LogP contribution < -0.4 is 5.73 Å². The fourth-order valence-electron chi connectivity index (χ4n) is 2.88. The third-order valence-electron chi connectivity index (χ3n) is 3.91. The normalized spacial score (nSPS) is 20.2. The second-order valence-electron chi connectivity index (χ2n) is 5.09. The van der Waals surface area contributed by atoms with Gasteiger partial charge in [-0.2, -0.15) is 0 Å². The number of methoxy groups -OCH3 is 1. The Balaban J connectivity index is 2.08. The third kappa shape index (κ3) is 2.94. The minimum Gasteiger partial charge on any atom is -0.381 e. The van der Waals surface area contributed by atoms with Gasteiger partial charge in [-0.15, -0.1) is 11.3 Å². The van der Waals surface area contributed by atoms with E-state index in [1.807, 2.05) is 18.4 Å². The molecule has 102 valence electrons. The van der Waals surface area contributed by atoms with E-state index >= 15 is 0 Å². The summed E-state index contributed by atoms with van der Waals surface area (Å²) in [5.74, 6) is 0. The number of nitrogens with zero attached hydrogens (tertiary/aromatic N) is 1. The monoisotopic (exact) mass is 268 g/mol. The Hall–Kier alpha value is -0.420. The molecule has 4 heteroatoms. The molecule has 0 radical (unpaired) electrons. The van der Waals surface area contributed by atoms with Crippen molar-refractivity contribution in [2.75, 3.05) is 26.7 Å². The Labute approximate surface area is 114 Å². The molecule has 2 heterocycles. The van der Waals surface area contributed by atoms with Crippen LogP contribution in [0.1, 0.15) is 34.2 Å². The molecule has 0 amide bonds. The summed E-state index contributed by atoms with van der Waals surface area (Å²) in [4.78, 5) is 5.31. The first-order valence-corrected chi connectivity index (χ1v) is 7.51. The number of aryl methyl sites for hydroxylation is 2. The van der Waals surface area contributed by atoms with Gasteiger partial charge >= 0.3 is 0 Å². The van der Waals surface area contributed by atoms with Crippen molar-refractivity contribution < 1.29 is 4.74 Å². The largest absolute Gasteiger partial charge is 0.381 e. The van der Waals surface area contributed by atoms with Gasteiger partial charge in [0.1, 0.15) is 0 Å². The summed E-state index contributed by atoms with van der Waals surface area (Å²) in [7, 11) is 1.81. The number of ether oxygens (including phenoxy) is 1. The van der Waals surface area contributed by atoms with Crippen LogP contribution >= 0.6 is 11.3 Å². The summed E-state index contributed by atoms with van der Waals surface area (Å²) < 4.78 is 5.43. The summed E-state index contributed by atoms with van der Waals surface area (Å²) >= 11 is 1.88. The lowest BCUT2D eigenvalue weighted by molar-refractivity contribution is 0.0280. The van der Waals surface area contributed by atoms with Crippen LogP contribution in [0.15, 0.2) is 6.07 Å². The van der Waals surface area contributed by atoms with Crippen molar-refractivity contribution >= 4 is 11.3 Å². The maximum atomic E-state index is 6.01.